The third kappa shape index (κ3) is 3.53. The number of anilines is 1. The smallest absolute Gasteiger partial charge is 0.227 e. The summed E-state index contributed by atoms with van der Waals surface area (Å²) in [4.78, 5) is 14.2. The molecule has 2 nitrogen and oxygen atoms in total. The van der Waals surface area contributed by atoms with E-state index in [1.165, 1.54) is 11.0 Å². The van der Waals surface area contributed by atoms with Crippen LogP contribution < -0.4 is 4.90 Å². The molecule has 22 heavy (non-hydrogen) atoms. The van der Waals surface area contributed by atoms with Gasteiger partial charge in [0, 0.05) is 13.0 Å². The Labute approximate surface area is 131 Å². The lowest BCUT2D eigenvalue weighted by Gasteiger charge is -2.29. The standard InChI is InChI=1S/C19H22FNO/c1-4-21(17-13-9-8-12-16(17)20)18(22)14-19(2,3)15-10-6-5-7-11-15/h5-13H,4,14H2,1-3H3. The third-order valence-corrected chi connectivity index (χ3v) is 3.91. The SMILES string of the molecule is CCN(C(=O)CC(C)(C)c1ccccc1)c1ccccc1F. The van der Waals surface area contributed by atoms with Crippen LogP contribution in [0.1, 0.15) is 32.8 Å². The molecule has 0 saturated heterocycles. The van der Waals surface area contributed by atoms with Gasteiger partial charge in [-0.3, -0.25) is 4.79 Å². The van der Waals surface area contributed by atoms with Gasteiger partial charge >= 0.3 is 0 Å². The second-order valence-corrected chi connectivity index (χ2v) is 6.02. The van der Waals surface area contributed by atoms with Gasteiger partial charge in [-0.25, -0.2) is 4.39 Å². The van der Waals surface area contributed by atoms with E-state index < -0.39 is 0 Å². The average Bonchev–Trinajstić information content (AvgIpc) is 2.50. The first-order valence-electron chi connectivity index (χ1n) is 7.56. The van der Waals surface area contributed by atoms with Gasteiger partial charge in [-0.05, 0) is 30.0 Å². The van der Waals surface area contributed by atoms with Crippen LogP contribution in [-0.4, -0.2) is 12.5 Å². The van der Waals surface area contributed by atoms with E-state index in [0.29, 0.717) is 18.7 Å². The molecule has 116 valence electrons. The van der Waals surface area contributed by atoms with E-state index in [1.807, 2.05) is 51.1 Å². The Morgan fingerprint density at radius 3 is 2.23 bits per heavy atom. The number of rotatable bonds is 5. The number of halogens is 1. The van der Waals surface area contributed by atoms with E-state index in [1.54, 1.807) is 18.2 Å². The fourth-order valence-corrected chi connectivity index (χ4v) is 2.62. The molecule has 2 aromatic carbocycles. The van der Waals surface area contributed by atoms with E-state index in [-0.39, 0.29) is 17.1 Å². The van der Waals surface area contributed by atoms with Gasteiger partial charge in [0.1, 0.15) is 5.82 Å². The zero-order valence-electron chi connectivity index (χ0n) is 13.3. The highest BCUT2D eigenvalue weighted by Crippen LogP contribution is 2.29. The number of nitrogens with zero attached hydrogens (tertiary/aromatic N) is 1. The minimum atomic E-state index is -0.366. The number of hydrogen-bond acceptors (Lipinski definition) is 1. The van der Waals surface area contributed by atoms with Crippen molar-refractivity contribution in [3.63, 3.8) is 0 Å². The predicted octanol–water partition coefficient (Wildman–Crippen LogP) is 4.55. The molecule has 0 N–H and O–H groups in total. The Hall–Kier alpha value is -2.16. The van der Waals surface area contributed by atoms with Crippen LogP contribution in [0, 0.1) is 5.82 Å². The quantitative estimate of drug-likeness (QED) is 0.793. The molecule has 0 saturated carbocycles. The fourth-order valence-electron chi connectivity index (χ4n) is 2.62. The van der Waals surface area contributed by atoms with Crippen molar-refractivity contribution in [3.05, 3.63) is 66.0 Å². The zero-order chi connectivity index (χ0) is 16.2. The van der Waals surface area contributed by atoms with Crippen molar-refractivity contribution in [2.24, 2.45) is 0 Å². The summed E-state index contributed by atoms with van der Waals surface area (Å²) in [5.41, 5.74) is 1.16. The minimum absolute atomic E-state index is 0.0681. The molecule has 0 heterocycles. The molecule has 0 aromatic heterocycles. The van der Waals surface area contributed by atoms with Crippen molar-refractivity contribution in [2.75, 3.05) is 11.4 Å². The first-order valence-corrected chi connectivity index (χ1v) is 7.56. The molecule has 2 rings (SSSR count). The minimum Gasteiger partial charge on any atom is -0.310 e. The highest BCUT2D eigenvalue weighted by Gasteiger charge is 2.27. The Bertz CT molecular complexity index is 637. The molecule has 0 bridgehead atoms. The van der Waals surface area contributed by atoms with Crippen molar-refractivity contribution in [2.45, 2.75) is 32.6 Å². The molecule has 2 aromatic rings. The Morgan fingerprint density at radius 1 is 1.05 bits per heavy atom. The van der Waals surface area contributed by atoms with Crippen LogP contribution >= 0.6 is 0 Å². The van der Waals surface area contributed by atoms with Crippen LogP contribution in [0.5, 0.6) is 0 Å². The summed E-state index contributed by atoms with van der Waals surface area (Å²) in [5, 5.41) is 0. The van der Waals surface area contributed by atoms with Gasteiger partial charge in [0.05, 0.1) is 5.69 Å². The van der Waals surface area contributed by atoms with Gasteiger partial charge in [0.15, 0.2) is 0 Å². The van der Waals surface area contributed by atoms with Gasteiger partial charge in [-0.2, -0.15) is 0 Å². The molecular weight excluding hydrogens is 277 g/mol. The van der Waals surface area contributed by atoms with Gasteiger partial charge in [-0.1, -0.05) is 56.3 Å². The van der Waals surface area contributed by atoms with Crippen molar-refractivity contribution < 1.29 is 9.18 Å². The molecular formula is C19H22FNO. The Morgan fingerprint density at radius 2 is 1.64 bits per heavy atom. The highest BCUT2D eigenvalue weighted by atomic mass is 19.1. The van der Waals surface area contributed by atoms with E-state index in [9.17, 15) is 9.18 Å². The topological polar surface area (TPSA) is 20.3 Å². The number of para-hydroxylation sites is 1. The van der Waals surface area contributed by atoms with Crippen molar-refractivity contribution in [1.29, 1.82) is 0 Å². The molecule has 0 aliphatic carbocycles. The normalized spacial score (nSPS) is 11.3. The lowest BCUT2D eigenvalue weighted by molar-refractivity contribution is -0.119. The molecule has 3 heteroatoms. The molecule has 0 unspecified atom stereocenters. The number of carbonyl (C=O) groups excluding carboxylic acids is 1. The van der Waals surface area contributed by atoms with Crippen molar-refractivity contribution in [1.82, 2.24) is 0 Å². The number of amides is 1. The van der Waals surface area contributed by atoms with Crippen LogP contribution in [0.15, 0.2) is 54.6 Å². The first kappa shape index (κ1) is 16.2. The summed E-state index contributed by atoms with van der Waals surface area (Å²) < 4.78 is 13.9. The van der Waals surface area contributed by atoms with Crippen molar-refractivity contribution in [3.8, 4) is 0 Å². The molecule has 0 atom stereocenters. The van der Waals surface area contributed by atoms with Crippen LogP contribution in [0.25, 0.3) is 0 Å². The monoisotopic (exact) mass is 299 g/mol. The summed E-state index contributed by atoms with van der Waals surface area (Å²) >= 11 is 0. The molecule has 0 fully saturated rings. The summed E-state index contributed by atoms with van der Waals surface area (Å²) in [6.45, 7) is 6.38. The molecule has 0 aliphatic heterocycles. The maximum absolute atomic E-state index is 13.9. The number of benzene rings is 2. The molecule has 0 radical (unpaired) electrons. The van der Waals surface area contributed by atoms with E-state index in [4.69, 9.17) is 0 Å². The van der Waals surface area contributed by atoms with Gasteiger partial charge in [-0.15, -0.1) is 0 Å². The maximum atomic E-state index is 13.9. The number of hydrogen-bond donors (Lipinski definition) is 0. The summed E-state index contributed by atoms with van der Waals surface area (Å²) in [5.74, 6) is -0.434. The Kier molecular flexibility index (Phi) is 4.96. The van der Waals surface area contributed by atoms with E-state index in [2.05, 4.69) is 0 Å². The Balaban J connectivity index is 2.22. The van der Waals surface area contributed by atoms with Crippen LogP contribution in [-0.2, 0) is 10.2 Å². The molecule has 1 amide bonds. The largest absolute Gasteiger partial charge is 0.310 e. The summed E-state index contributed by atoms with van der Waals surface area (Å²) in [6.07, 6.45) is 0.333. The average molecular weight is 299 g/mol. The number of carbonyl (C=O) groups is 1. The molecule has 0 spiro atoms. The second-order valence-electron chi connectivity index (χ2n) is 6.02. The maximum Gasteiger partial charge on any atom is 0.227 e. The lowest BCUT2D eigenvalue weighted by atomic mass is 9.81. The molecule has 0 aliphatic rings. The zero-order valence-corrected chi connectivity index (χ0v) is 13.3. The van der Waals surface area contributed by atoms with Crippen LogP contribution in [0.3, 0.4) is 0 Å². The van der Waals surface area contributed by atoms with Gasteiger partial charge < -0.3 is 4.90 Å². The second kappa shape index (κ2) is 6.73. The van der Waals surface area contributed by atoms with E-state index >= 15 is 0 Å². The van der Waals surface area contributed by atoms with Crippen molar-refractivity contribution >= 4 is 11.6 Å². The van der Waals surface area contributed by atoms with Crippen LogP contribution in [0.2, 0.25) is 0 Å². The van der Waals surface area contributed by atoms with Gasteiger partial charge in [0.2, 0.25) is 5.91 Å². The van der Waals surface area contributed by atoms with E-state index in [0.717, 1.165) is 5.56 Å². The van der Waals surface area contributed by atoms with Gasteiger partial charge in [0.25, 0.3) is 0 Å². The summed E-state index contributed by atoms with van der Waals surface area (Å²) in [7, 11) is 0. The lowest BCUT2D eigenvalue weighted by Crippen LogP contribution is -2.36. The van der Waals surface area contributed by atoms with Crippen LogP contribution in [0.4, 0.5) is 10.1 Å². The fraction of sp³-hybridized carbons (Fsp3) is 0.316. The summed E-state index contributed by atoms with van der Waals surface area (Å²) in [6, 6.07) is 16.3. The first-order chi connectivity index (χ1) is 10.5. The predicted molar refractivity (Wildman–Crippen MR) is 88.5 cm³/mol. The third-order valence-electron chi connectivity index (χ3n) is 3.91. The highest BCUT2D eigenvalue weighted by molar-refractivity contribution is 5.94.